The fourth-order valence-corrected chi connectivity index (χ4v) is 3.14. The van der Waals surface area contributed by atoms with Crippen molar-refractivity contribution in [3.8, 4) is 5.75 Å². The van der Waals surface area contributed by atoms with Crippen molar-refractivity contribution in [2.75, 3.05) is 18.9 Å². The highest BCUT2D eigenvalue weighted by Gasteiger charge is 2.20. The summed E-state index contributed by atoms with van der Waals surface area (Å²) in [4.78, 5) is 23.2. The summed E-state index contributed by atoms with van der Waals surface area (Å²) >= 11 is 0. The lowest BCUT2D eigenvalue weighted by atomic mass is 10.2. The van der Waals surface area contributed by atoms with Gasteiger partial charge in [-0.1, -0.05) is 0 Å². The predicted molar refractivity (Wildman–Crippen MR) is 97.1 cm³/mol. The lowest BCUT2D eigenvalue weighted by Gasteiger charge is -2.12. The van der Waals surface area contributed by atoms with E-state index in [-0.39, 0.29) is 10.5 Å². The van der Waals surface area contributed by atoms with Crippen LogP contribution in [0.15, 0.2) is 53.4 Å². The van der Waals surface area contributed by atoms with Crippen molar-refractivity contribution < 1.29 is 32.2 Å². The Morgan fingerprint density at radius 1 is 0.963 bits per heavy atom. The number of carbonyl (C=O) groups is 2. The van der Waals surface area contributed by atoms with Gasteiger partial charge >= 0.3 is 11.9 Å². The van der Waals surface area contributed by atoms with Crippen molar-refractivity contribution in [3.63, 3.8) is 0 Å². The van der Waals surface area contributed by atoms with Crippen LogP contribution >= 0.6 is 0 Å². The number of anilines is 1. The van der Waals surface area contributed by atoms with Crippen molar-refractivity contribution >= 4 is 27.6 Å². The first-order valence-corrected chi connectivity index (χ1v) is 9.31. The SMILES string of the molecule is COC(=O)[C@H](C)OC(=O)c1ccc(S(=O)(=O)Nc2ccc(OC)cc2)cc1. The van der Waals surface area contributed by atoms with Crippen LogP contribution in [0.5, 0.6) is 5.75 Å². The van der Waals surface area contributed by atoms with Crippen LogP contribution < -0.4 is 9.46 Å². The number of esters is 2. The monoisotopic (exact) mass is 393 g/mol. The molecule has 0 fully saturated rings. The van der Waals surface area contributed by atoms with Gasteiger partial charge in [-0.05, 0) is 55.5 Å². The molecule has 0 heterocycles. The van der Waals surface area contributed by atoms with Gasteiger partial charge in [0.25, 0.3) is 10.0 Å². The second-order valence-corrected chi connectivity index (χ2v) is 7.11. The maximum Gasteiger partial charge on any atom is 0.346 e. The molecule has 144 valence electrons. The normalized spacial score (nSPS) is 12.0. The van der Waals surface area contributed by atoms with E-state index in [4.69, 9.17) is 9.47 Å². The summed E-state index contributed by atoms with van der Waals surface area (Å²) in [5, 5.41) is 0. The number of hydrogen-bond donors (Lipinski definition) is 1. The second-order valence-electron chi connectivity index (χ2n) is 5.43. The van der Waals surface area contributed by atoms with E-state index in [9.17, 15) is 18.0 Å². The molecule has 2 aromatic carbocycles. The van der Waals surface area contributed by atoms with Gasteiger partial charge in [0.1, 0.15) is 5.75 Å². The van der Waals surface area contributed by atoms with Crippen LogP contribution in [0.2, 0.25) is 0 Å². The van der Waals surface area contributed by atoms with Gasteiger partial charge in [-0.15, -0.1) is 0 Å². The topological polar surface area (TPSA) is 108 Å². The van der Waals surface area contributed by atoms with Crippen LogP contribution in [0, 0.1) is 0 Å². The second kappa shape index (κ2) is 8.54. The summed E-state index contributed by atoms with van der Waals surface area (Å²) in [5.41, 5.74) is 0.473. The molecule has 0 aliphatic heterocycles. The highest BCUT2D eigenvalue weighted by atomic mass is 32.2. The Labute approximate surface area is 157 Å². The van der Waals surface area contributed by atoms with Gasteiger partial charge < -0.3 is 14.2 Å². The summed E-state index contributed by atoms with van der Waals surface area (Å²) < 4.78 is 41.7. The molecule has 27 heavy (non-hydrogen) atoms. The molecule has 0 aliphatic rings. The molecule has 0 bridgehead atoms. The van der Waals surface area contributed by atoms with Crippen molar-refractivity contribution in [2.45, 2.75) is 17.9 Å². The van der Waals surface area contributed by atoms with Gasteiger partial charge in [-0.2, -0.15) is 0 Å². The van der Waals surface area contributed by atoms with Crippen LogP contribution in [0.3, 0.4) is 0 Å². The van der Waals surface area contributed by atoms with E-state index in [2.05, 4.69) is 9.46 Å². The van der Waals surface area contributed by atoms with Crippen LogP contribution in [-0.4, -0.2) is 40.7 Å². The molecular weight excluding hydrogens is 374 g/mol. The number of sulfonamides is 1. The summed E-state index contributed by atoms with van der Waals surface area (Å²) in [7, 11) is -1.14. The van der Waals surface area contributed by atoms with Gasteiger partial charge in [-0.3, -0.25) is 4.72 Å². The Balaban J connectivity index is 2.10. The first-order chi connectivity index (χ1) is 12.8. The van der Waals surface area contributed by atoms with Crippen LogP contribution in [0.1, 0.15) is 17.3 Å². The maximum atomic E-state index is 12.4. The zero-order valence-corrected chi connectivity index (χ0v) is 15.8. The molecule has 1 atom stereocenters. The van der Waals surface area contributed by atoms with E-state index < -0.39 is 28.1 Å². The molecule has 0 saturated heterocycles. The highest BCUT2D eigenvalue weighted by molar-refractivity contribution is 7.92. The zero-order valence-electron chi connectivity index (χ0n) is 15.0. The minimum absolute atomic E-state index is 0.0316. The van der Waals surface area contributed by atoms with Crippen molar-refractivity contribution in [1.82, 2.24) is 0 Å². The zero-order chi connectivity index (χ0) is 20.0. The largest absolute Gasteiger partial charge is 0.497 e. The molecule has 0 aliphatic carbocycles. The number of benzene rings is 2. The molecule has 0 unspecified atom stereocenters. The highest BCUT2D eigenvalue weighted by Crippen LogP contribution is 2.20. The average Bonchev–Trinajstić information content (AvgIpc) is 2.67. The Morgan fingerprint density at radius 3 is 2.07 bits per heavy atom. The van der Waals surface area contributed by atoms with Crippen LogP contribution in [0.4, 0.5) is 5.69 Å². The van der Waals surface area contributed by atoms with Crippen molar-refractivity contribution in [2.24, 2.45) is 0 Å². The van der Waals surface area contributed by atoms with E-state index in [1.807, 2.05) is 0 Å². The van der Waals surface area contributed by atoms with E-state index in [0.29, 0.717) is 11.4 Å². The summed E-state index contributed by atoms with van der Waals surface area (Å²) in [5.74, 6) is -0.854. The smallest absolute Gasteiger partial charge is 0.346 e. The standard InChI is InChI=1S/C18H19NO7S/c1-12(17(20)25-3)26-18(21)13-4-10-16(11-5-13)27(22,23)19-14-6-8-15(24-2)9-7-14/h4-12,19H,1-3H3/t12-/m0/s1. The summed E-state index contributed by atoms with van der Waals surface area (Å²) in [6.07, 6.45) is -1.07. The quantitative estimate of drug-likeness (QED) is 0.719. The molecule has 0 saturated carbocycles. The van der Waals surface area contributed by atoms with Crippen LogP contribution in [-0.2, 0) is 24.3 Å². The minimum Gasteiger partial charge on any atom is -0.497 e. The molecular formula is C18H19NO7S. The average molecular weight is 393 g/mol. The fraction of sp³-hybridized carbons (Fsp3) is 0.222. The molecule has 1 N–H and O–H groups in total. The molecule has 2 rings (SSSR count). The number of hydrogen-bond acceptors (Lipinski definition) is 7. The lowest BCUT2D eigenvalue weighted by molar-refractivity contribution is -0.149. The molecule has 0 aromatic heterocycles. The van der Waals surface area contributed by atoms with E-state index in [0.717, 1.165) is 0 Å². The first-order valence-electron chi connectivity index (χ1n) is 7.82. The Bertz CT molecular complexity index is 906. The van der Waals surface area contributed by atoms with E-state index in [1.165, 1.54) is 45.4 Å². The molecule has 9 heteroatoms. The van der Waals surface area contributed by atoms with Crippen molar-refractivity contribution in [1.29, 1.82) is 0 Å². The van der Waals surface area contributed by atoms with Gasteiger partial charge in [0.2, 0.25) is 0 Å². The number of ether oxygens (including phenoxy) is 3. The van der Waals surface area contributed by atoms with E-state index >= 15 is 0 Å². The first kappa shape index (κ1) is 20.2. The Hall–Kier alpha value is -3.07. The third-order valence-electron chi connectivity index (χ3n) is 3.56. The molecule has 0 spiro atoms. The van der Waals surface area contributed by atoms with E-state index in [1.54, 1.807) is 24.3 Å². The van der Waals surface area contributed by atoms with Crippen molar-refractivity contribution in [3.05, 3.63) is 54.1 Å². The van der Waals surface area contributed by atoms with Gasteiger partial charge in [-0.25, -0.2) is 18.0 Å². The third kappa shape index (κ3) is 5.20. The molecule has 8 nitrogen and oxygen atoms in total. The van der Waals surface area contributed by atoms with Gasteiger partial charge in [0.05, 0.1) is 24.7 Å². The Morgan fingerprint density at radius 2 is 1.56 bits per heavy atom. The summed E-state index contributed by atoms with van der Waals surface area (Å²) in [6.45, 7) is 1.38. The number of nitrogens with one attached hydrogen (secondary N) is 1. The molecule has 0 amide bonds. The molecule has 0 radical (unpaired) electrons. The number of rotatable bonds is 7. The predicted octanol–water partition coefficient (Wildman–Crippen LogP) is 2.21. The lowest BCUT2D eigenvalue weighted by Crippen LogP contribution is -2.25. The Kier molecular flexibility index (Phi) is 6.40. The number of carbonyl (C=O) groups excluding carboxylic acids is 2. The summed E-state index contributed by atoms with van der Waals surface area (Å²) in [6, 6.07) is 11.5. The minimum atomic E-state index is -3.83. The maximum absolute atomic E-state index is 12.4. The fourth-order valence-electron chi connectivity index (χ4n) is 2.09. The third-order valence-corrected chi connectivity index (χ3v) is 4.96. The van der Waals surface area contributed by atoms with Gasteiger partial charge in [0.15, 0.2) is 6.10 Å². The number of methoxy groups -OCH3 is 2. The van der Waals surface area contributed by atoms with Gasteiger partial charge in [0, 0.05) is 5.69 Å². The molecule has 2 aromatic rings. The van der Waals surface area contributed by atoms with Crippen LogP contribution in [0.25, 0.3) is 0 Å².